The Morgan fingerprint density at radius 1 is 1.28 bits per heavy atom. The van der Waals surface area contributed by atoms with Crippen LogP contribution in [0.2, 0.25) is 0 Å². The minimum atomic E-state index is -1.26. The van der Waals surface area contributed by atoms with Crippen molar-refractivity contribution in [3.05, 3.63) is 0 Å². The van der Waals surface area contributed by atoms with E-state index in [0.717, 1.165) is 17.7 Å². The number of carbonyl (C=O) groups is 2. The normalized spacial score (nSPS) is 19.3. The molecule has 1 aliphatic carbocycles. The molecule has 0 aromatic rings. The Kier molecular flexibility index (Phi) is 5.14. The highest BCUT2D eigenvalue weighted by Gasteiger charge is 2.40. The van der Waals surface area contributed by atoms with Crippen LogP contribution in [0.4, 0.5) is 0 Å². The minimum absolute atomic E-state index is 0.227. The van der Waals surface area contributed by atoms with Crippen LogP contribution in [0.3, 0.4) is 0 Å². The number of amides is 1. The molecule has 0 bridgehead atoms. The molecule has 0 heterocycles. The standard InChI is InChI=1S/C13H24N2O3/c1-13(2,12(18)14-9-11(16)17)15(3)10-7-5-4-6-8-10/h10H,4-9H2,1-3H3,(H,14,18)(H,16,17). The van der Waals surface area contributed by atoms with Gasteiger partial charge in [0.15, 0.2) is 5.54 Å². The molecule has 5 heteroatoms. The van der Waals surface area contributed by atoms with E-state index in [4.69, 9.17) is 0 Å². The summed E-state index contributed by atoms with van der Waals surface area (Å²) in [5.74, 6) is -1.48. The van der Waals surface area contributed by atoms with Crippen molar-refractivity contribution in [1.82, 2.24) is 5.32 Å². The molecule has 1 rings (SSSR count). The molecule has 2 N–H and O–H groups in total. The second-order valence-electron chi connectivity index (χ2n) is 5.70. The van der Waals surface area contributed by atoms with E-state index in [0.29, 0.717) is 6.04 Å². The molecular weight excluding hydrogens is 232 g/mol. The van der Waals surface area contributed by atoms with Gasteiger partial charge in [-0.15, -0.1) is 0 Å². The summed E-state index contributed by atoms with van der Waals surface area (Å²) < 4.78 is 0. The predicted molar refractivity (Wildman–Crippen MR) is 65.9 cm³/mol. The first-order valence-electron chi connectivity index (χ1n) is 6.67. The van der Waals surface area contributed by atoms with E-state index in [2.05, 4.69) is 5.32 Å². The number of carbonyl (C=O) groups excluding carboxylic acids is 2. The highest BCUT2D eigenvalue weighted by Crippen LogP contribution is 2.16. The van der Waals surface area contributed by atoms with Gasteiger partial charge in [-0.05, 0) is 39.5 Å². The summed E-state index contributed by atoms with van der Waals surface area (Å²) in [7, 11) is 2.02. The molecule has 0 aliphatic heterocycles. The average Bonchev–Trinajstić information content (AvgIpc) is 2.35. The predicted octanol–water partition coefficient (Wildman–Crippen LogP) is -1.52. The van der Waals surface area contributed by atoms with Crippen LogP contribution in [0.5, 0.6) is 0 Å². The zero-order valence-electron chi connectivity index (χ0n) is 11.5. The van der Waals surface area contributed by atoms with E-state index in [-0.39, 0.29) is 5.91 Å². The Morgan fingerprint density at radius 2 is 1.83 bits per heavy atom. The number of quaternary nitrogens is 1. The summed E-state index contributed by atoms with van der Waals surface area (Å²) in [5.41, 5.74) is -0.614. The number of rotatable bonds is 5. The maximum Gasteiger partial charge on any atom is 0.281 e. The molecule has 1 unspecified atom stereocenters. The van der Waals surface area contributed by atoms with Crippen LogP contribution in [0.25, 0.3) is 0 Å². The van der Waals surface area contributed by atoms with Crippen molar-refractivity contribution in [2.45, 2.75) is 57.5 Å². The van der Waals surface area contributed by atoms with Crippen molar-refractivity contribution in [2.24, 2.45) is 0 Å². The van der Waals surface area contributed by atoms with E-state index in [1.54, 1.807) is 0 Å². The smallest absolute Gasteiger partial charge is 0.281 e. The lowest BCUT2D eigenvalue weighted by Crippen LogP contribution is -3.21. The van der Waals surface area contributed by atoms with Gasteiger partial charge in [0.05, 0.1) is 25.6 Å². The van der Waals surface area contributed by atoms with Crippen LogP contribution in [0.15, 0.2) is 0 Å². The molecular formula is C13H24N2O3. The molecule has 104 valence electrons. The SMILES string of the molecule is C[NH+](C1CCCCC1)C(C)(C)C(=O)NCC(=O)[O-]. The van der Waals surface area contributed by atoms with Gasteiger partial charge in [0.2, 0.25) is 0 Å². The number of likely N-dealkylation sites (N-methyl/N-ethyl adjacent to an activating group) is 1. The Bertz CT molecular complexity index is 309. The van der Waals surface area contributed by atoms with Crippen LogP contribution in [-0.2, 0) is 9.59 Å². The largest absolute Gasteiger partial charge is 0.548 e. The van der Waals surface area contributed by atoms with Crippen molar-refractivity contribution in [2.75, 3.05) is 13.6 Å². The molecule has 0 saturated heterocycles. The second-order valence-corrected chi connectivity index (χ2v) is 5.70. The number of carboxylic acids is 1. The number of nitrogens with one attached hydrogen (secondary N) is 2. The highest BCUT2D eigenvalue weighted by molar-refractivity contribution is 5.86. The summed E-state index contributed by atoms with van der Waals surface area (Å²) in [6.07, 6.45) is 6.00. The summed E-state index contributed by atoms with van der Waals surface area (Å²) in [6.45, 7) is 3.31. The summed E-state index contributed by atoms with van der Waals surface area (Å²) in [5, 5.41) is 12.8. The third-order valence-corrected chi connectivity index (χ3v) is 4.16. The van der Waals surface area contributed by atoms with E-state index >= 15 is 0 Å². The monoisotopic (exact) mass is 256 g/mol. The maximum absolute atomic E-state index is 12.0. The van der Waals surface area contributed by atoms with E-state index < -0.39 is 18.1 Å². The fourth-order valence-corrected chi connectivity index (χ4v) is 2.60. The summed E-state index contributed by atoms with van der Waals surface area (Å²) >= 11 is 0. The Morgan fingerprint density at radius 3 is 2.33 bits per heavy atom. The zero-order chi connectivity index (χ0) is 13.8. The third-order valence-electron chi connectivity index (χ3n) is 4.16. The van der Waals surface area contributed by atoms with Gasteiger partial charge in [0.1, 0.15) is 0 Å². The van der Waals surface area contributed by atoms with Gasteiger partial charge in [-0.3, -0.25) is 4.79 Å². The van der Waals surface area contributed by atoms with Crippen LogP contribution in [0.1, 0.15) is 46.0 Å². The molecule has 18 heavy (non-hydrogen) atoms. The lowest BCUT2D eigenvalue weighted by molar-refractivity contribution is -0.944. The number of hydrogen-bond donors (Lipinski definition) is 2. The van der Waals surface area contributed by atoms with Gasteiger partial charge < -0.3 is 20.1 Å². The first-order valence-corrected chi connectivity index (χ1v) is 6.67. The van der Waals surface area contributed by atoms with Crippen molar-refractivity contribution in [3.63, 3.8) is 0 Å². The molecule has 1 amide bonds. The molecule has 0 aromatic carbocycles. The lowest BCUT2D eigenvalue weighted by atomic mass is 9.90. The van der Waals surface area contributed by atoms with Gasteiger partial charge >= 0.3 is 0 Å². The molecule has 5 nitrogen and oxygen atoms in total. The number of hydrogen-bond acceptors (Lipinski definition) is 3. The molecule has 0 radical (unpaired) electrons. The van der Waals surface area contributed by atoms with Crippen molar-refractivity contribution in [1.29, 1.82) is 0 Å². The summed E-state index contributed by atoms with van der Waals surface area (Å²) in [6, 6.07) is 0.488. The number of carboxylic acid groups (broad SMARTS) is 1. The highest BCUT2D eigenvalue weighted by atomic mass is 16.4. The molecule has 1 saturated carbocycles. The van der Waals surface area contributed by atoms with Gasteiger partial charge in [-0.25, -0.2) is 0 Å². The third kappa shape index (κ3) is 3.70. The van der Waals surface area contributed by atoms with Gasteiger partial charge in [-0.2, -0.15) is 0 Å². The first kappa shape index (κ1) is 15.0. The molecule has 0 spiro atoms. The van der Waals surface area contributed by atoms with E-state index in [1.165, 1.54) is 19.3 Å². The maximum atomic E-state index is 12.0. The zero-order valence-corrected chi connectivity index (χ0v) is 11.5. The molecule has 1 aliphatic rings. The van der Waals surface area contributed by atoms with Crippen LogP contribution in [0, 0.1) is 0 Å². The van der Waals surface area contributed by atoms with Crippen molar-refractivity contribution >= 4 is 11.9 Å². The summed E-state index contributed by atoms with van der Waals surface area (Å²) in [4.78, 5) is 23.6. The van der Waals surface area contributed by atoms with Crippen LogP contribution < -0.4 is 15.3 Å². The van der Waals surface area contributed by atoms with Crippen LogP contribution >= 0.6 is 0 Å². The lowest BCUT2D eigenvalue weighted by Gasteiger charge is -2.38. The Balaban J connectivity index is 2.59. The fraction of sp³-hybridized carbons (Fsp3) is 0.846. The minimum Gasteiger partial charge on any atom is -0.548 e. The van der Waals surface area contributed by atoms with E-state index in [9.17, 15) is 14.7 Å². The molecule has 0 aromatic heterocycles. The quantitative estimate of drug-likeness (QED) is 0.627. The second kappa shape index (κ2) is 6.18. The molecule has 1 atom stereocenters. The fourth-order valence-electron chi connectivity index (χ4n) is 2.60. The van der Waals surface area contributed by atoms with Crippen molar-refractivity contribution in [3.8, 4) is 0 Å². The van der Waals surface area contributed by atoms with E-state index in [1.807, 2.05) is 20.9 Å². The molecule has 1 fully saturated rings. The number of aliphatic carboxylic acids is 1. The van der Waals surface area contributed by atoms with Gasteiger partial charge in [-0.1, -0.05) is 6.42 Å². The van der Waals surface area contributed by atoms with Crippen molar-refractivity contribution < 1.29 is 19.6 Å². The Hall–Kier alpha value is -1.10. The first-order chi connectivity index (χ1) is 8.35. The van der Waals surface area contributed by atoms with Gasteiger partial charge in [0.25, 0.3) is 5.91 Å². The topological polar surface area (TPSA) is 73.7 Å². The van der Waals surface area contributed by atoms with Crippen LogP contribution in [-0.4, -0.2) is 37.0 Å². The van der Waals surface area contributed by atoms with Gasteiger partial charge in [0, 0.05) is 0 Å². The average molecular weight is 256 g/mol. The Labute approximate surface area is 109 Å².